The summed E-state index contributed by atoms with van der Waals surface area (Å²) in [5.74, 6) is 0.702. The number of anilines is 1. The molecule has 2 N–H and O–H groups in total. The Morgan fingerprint density at radius 2 is 2.21 bits per heavy atom. The van der Waals surface area contributed by atoms with Gasteiger partial charge in [-0.05, 0) is 35.0 Å². The predicted octanol–water partition coefficient (Wildman–Crippen LogP) is 2.32. The van der Waals surface area contributed by atoms with Crippen molar-refractivity contribution in [2.24, 2.45) is 10.8 Å². The van der Waals surface area contributed by atoms with E-state index >= 15 is 0 Å². The molecule has 0 bridgehead atoms. The quantitative estimate of drug-likeness (QED) is 0.835. The number of hydrazone groups is 1. The van der Waals surface area contributed by atoms with E-state index in [1.165, 1.54) is 0 Å². The van der Waals surface area contributed by atoms with Gasteiger partial charge in [0.1, 0.15) is 5.84 Å². The SMILES string of the molecule is CC1CC(N)=NN1c1ccccc1Br. The zero-order chi connectivity index (χ0) is 10.1. The second-order valence-electron chi connectivity index (χ2n) is 3.44. The molecular weight excluding hydrogens is 242 g/mol. The summed E-state index contributed by atoms with van der Waals surface area (Å²) in [6.45, 7) is 2.11. The van der Waals surface area contributed by atoms with Crippen molar-refractivity contribution in [1.82, 2.24) is 0 Å². The molecule has 3 nitrogen and oxygen atoms in total. The molecule has 1 aliphatic rings. The molecule has 1 aromatic rings. The molecule has 0 saturated carbocycles. The molecule has 1 atom stereocenters. The fourth-order valence-electron chi connectivity index (χ4n) is 1.60. The Hall–Kier alpha value is -1.03. The molecule has 1 aromatic carbocycles. The van der Waals surface area contributed by atoms with E-state index < -0.39 is 0 Å². The Kier molecular flexibility index (Phi) is 2.46. The number of hydrogen-bond donors (Lipinski definition) is 1. The fourth-order valence-corrected chi connectivity index (χ4v) is 2.06. The molecule has 0 aliphatic carbocycles. The van der Waals surface area contributed by atoms with E-state index in [0.29, 0.717) is 11.9 Å². The largest absolute Gasteiger partial charge is 0.386 e. The molecule has 2 rings (SSSR count). The Bertz CT molecular complexity index is 375. The van der Waals surface area contributed by atoms with Gasteiger partial charge in [-0.25, -0.2) is 0 Å². The second-order valence-corrected chi connectivity index (χ2v) is 4.29. The van der Waals surface area contributed by atoms with Crippen LogP contribution < -0.4 is 10.7 Å². The third-order valence-corrected chi connectivity index (χ3v) is 2.93. The highest BCUT2D eigenvalue weighted by Gasteiger charge is 2.23. The highest BCUT2D eigenvalue weighted by Crippen LogP contribution is 2.30. The van der Waals surface area contributed by atoms with Gasteiger partial charge >= 0.3 is 0 Å². The van der Waals surface area contributed by atoms with E-state index in [-0.39, 0.29) is 0 Å². The molecule has 0 saturated heterocycles. The van der Waals surface area contributed by atoms with Crippen LogP contribution in [-0.2, 0) is 0 Å². The van der Waals surface area contributed by atoms with E-state index in [4.69, 9.17) is 5.73 Å². The van der Waals surface area contributed by atoms with Crippen LogP contribution in [0.1, 0.15) is 13.3 Å². The highest BCUT2D eigenvalue weighted by atomic mass is 79.9. The standard InChI is InChI=1S/C10H12BrN3/c1-7-6-10(12)13-14(7)9-5-3-2-4-8(9)11/h2-5,7H,6H2,1H3,(H2,12,13). The van der Waals surface area contributed by atoms with Crippen molar-refractivity contribution in [3.8, 4) is 0 Å². The van der Waals surface area contributed by atoms with Crippen molar-refractivity contribution >= 4 is 27.5 Å². The first-order chi connectivity index (χ1) is 6.68. The van der Waals surface area contributed by atoms with Gasteiger partial charge < -0.3 is 5.73 Å². The molecule has 0 amide bonds. The summed E-state index contributed by atoms with van der Waals surface area (Å²) in [5, 5.41) is 6.26. The highest BCUT2D eigenvalue weighted by molar-refractivity contribution is 9.10. The van der Waals surface area contributed by atoms with Crippen molar-refractivity contribution < 1.29 is 0 Å². The van der Waals surface area contributed by atoms with E-state index in [0.717, 1.165) is 16.6 Å². The van der Waals surface area contributed by atoms with Gasteiger partial charge in [-0.2, -0.15) is 5.10 Å². The van der Waals surface area contributed by atoms with Crippen LogP contribution >= 0.6 is 15.9 Å². The van der Waals surface area contributed by atoms with Gasteiger partial charge in [0.2, 0.25) is 0 Å². The van der Waals surface area contributed by atoms with E-state index in [1.807, 2.05) is 29.3 Å². The molecule has 0 radical (unpaired) electrons. The smallest absolute Gasteiger partial charge is 0.122 e. The van der Waals surface area contributed by atoms with Crippen LogP contribution in [0.15, 0.2) is 33.8 Å². The molecule has 0 aromatic heterocycles. The maximum Gasteiger partial charge on any atom is 0.122 e. The molecule has 1 aliphatic heterocycles. The summed E-state index contributed by atoms with van der Waals surface area (Å²) in [6, 6.07) is 8.36. The van der Waals surface area contributed by atoms with Gasteiger partial charge in [-0.1, -0.05) is 12.1 Å². The summed E-state index contributed by atoms with van der Waals surface area (Å²) >= 11 is 3.50. The van der Waals surface area contributed by atoms with Crippen LogP contribution in [0.5, 0.6) is 0 Å². The molecule has 1 heterocycles. The zero-order valence-corrected chi connectivity index (χ0v) is 9.53. The first-order valence-electron chi connectivity index (χ1n) is 4.55. The molecule has 4 heteroatoms. The van der Waals surface area contributed by atoms with Crippen molar-refractivity contribution in [1.29, 1.82) is 0 Å². The monoisotopic (exact) mass is 253 g/mol. The topological polar surface area (TPSA) is 41.6 Å². The van der Waals surface area contributed by atoms with Crippen molar-refractivity contribution in [3.05, 3.63) is 28.7 Å². The summed E-state index contributed by atoms with van der Waals surface area (Å²) in [6.07, 6.45) is 0.835. The minimum Gasteiger partial charge on any atom is -0.386 e. The number of benzene rings is 1. The van der Waals surface area contributed by atoms with Crippen LogP contribution in [0.2, 0.25) is 0 Å². The molecule has 14 heavy (non-hydrogen) atoms. The lowest BCUT2D eigenvalue weighted by Gasteiger charge is -2.20. The fraction of sp³-hybridized carbons (Fsp3) is 0.300. The molecule has 0 fully saturated rings. The Morgan fingerprint density at radius 1 is 1.50 bits per heavy atom. The van der Waals surface area contributed by atoms with Gasteiger partial charge in [0, 0.05) is 10.9 Å². The first-order valence-corrected chi connectivity index (χ1v) is 5.34. The van der Waals surface area contributed by atoms with Gasteiger partial charge in [0.05, 0.1) is 11.7 Å². The van der Waals surface area contributed by atoms with E-state index in [1.54, 1.807) is 0 Å². The predicted molar refractivity (Wildman–Crippen MR) is 62.3 cm³/mol. The maximum absolute atomic E-state index is 5.70. The van der Waals surface area contributed by atoms with Gasteiger partial charge in [-0.15, -0.1) is 0 Å². The number of nitrogens with zero attached hydrogens (tertiary/aromatic N) is 2. The Balaban J connectivity index is 2.36. The molecule has 0 spiro atoms. The van der Waals surface area contributed by atoms with Crippen LogP contribution in [0.3, 0.4) is 0 Å². The number of halogens is 1. The van der Waals surface area contributed by atoms with E-state index in [9.17, 15) is 0 Å². The van der Waals surface area contributed by atoms with Crippen LogP contribution in [0.25, 0.3) is 0 Å². The van der Waals surface area contributed by atoms with Gasteiger partial charge in [0.25, 0.3) is 0 Å². The minimum atomic E-state index is 0.341. The van der Waals surface area contributed by atoms with Gasteiger partial charge in [0.15, 0.2) is 0 Å². The summed E-state index contributed by atoms with van der Waals surface area (Å²) < 4.78 is 1.05. The Labute approximate surface area is 91.7 Å². The number of nitrogens with two attached hydrogens (primary N) is 1. The van der Waals surface area contributed by atoms with Crippen LogP contribution in [0, 0.1) is 0 Å². The lowest BCUT2D eigenvalue weighted by atomic mass is 10.2. The zero-order valence-electron chi connectivity index (χ0n) is 7.94. The second kappa shape index (κ2) is 3.61. The van der Waals surface area contributed by atoms with Gasteiger partial charge in [-0.3, -0.25) is 5.01 Å². The third kappa shape index (κ3) is 1.62. The average Bonchev–Trinajstić information content (AvgIpc) is 2.46. The summed E-state index contributed by atoms with van der Waals surface area (Å²) in [5.41, 5.74) is 6.77. The van der Waals surface area contributed by atoms with Crippen molar-refractivity contribution in [2.75, 3.05) is 5.01 Å². The number of para-hydroxylation sites is 1. The number of rotatable bonds is 1. The summed E-state index contributed by atoms with van der Waals surface area (Å²) in [7, 11) is 0. The minimum absolute atomic E-state index is 0.341. The van der Waals surface area contributed by atoms with Crippen LogP contribution in [-0.4, -0.2) is 11.9 Å². The van der Waals surface area contributed by atoms with E-state index in [2.05, 4.69) is 28.0 Å². The van der Waals surface area contributed by atoms with Crippen molar-refractivity contribution in [2.45, 2.75) is 19.4 Å². The number of hydrogen-bond acceptors (Lipinski definition) is 3. The average molecular weight is 254 g/mol. The molecule has 1 unspecified atom stereocenters. The number of amidine groups is 1. The lowest BCUT2D eigenvalue weighted by molar-refractivity contribution is 0.722. The summed E-state index contributed by atoms with van der Waals surface area (Å²) in [4.78, 5) is 0. The first kappa shape index (κ1) is 9.52. The normalized spacial score (nSPS) is 21.1. The van der Waals surface area contributed by atoms with Crippen LogP contribution in [0.4, 0.5) is 5.69 Å². The Morgan fingerprint density at radius 3 is 2.79 bits per heavy atom. The third-order valence-electron chi connectivity index (χ3n) is 2.26. The maximum atomic E-state index is 5.70. The lowest BCUT2D eigenvalue weighted by Crippen LogP contribution is -2.23. The molecule has 74 valence electrons. The van der Waals surface area contributed by atoms with Crippen molar-refractivity contribution in [3.63, 3.8) is 0 Å². The molecular formula is C10H12BrN3.